The first kappa shape index (κ1) is 23.0. The molecule has 0 saturated carbocycles. The molecule has 2 aromatic carbocycles. The van der Waals surface area contributed by atoms with Crippen LogP contribution >= 0.6 is 0 Å². The second-order valence-corrected chi connectivity index (χ2v) is 8.09. The van der Waals surface area contributed by atoms with Gasteiger partial charge in [-0.1, -0.05) is 74.5 Å². The van der Waals surface area contributed by atoms with Crippen LogP contribution in [0.1, 0.15) is 38.3 Å². The normalized spacial score (nSPS) is 19.0. The fourth-order valence-corrected chi connectivity index (χ4v) is 4.09. The second kappa shape index (κ2) is 10.1. The number of hydrogen-bond donors (Lipinski definition) is 1. The lowest BCUT2D eigenvalue weighted by Crippen LogP contribution is -2.54. The first-order valence-electron chi connectivity index (χ1n) is 10.7. The molecule has 2 aromatic rings. The summed E-state index contributed by atoms with van der Waals surface area (Å²) >= 11 is 0. The number of carbonyl (C=O) groups excluding carboxylic acids is 2. The van der Waals surface area contributed by atoms with E-state index in [-0.39, 0.29) is 24.5 Å². The maximum atomic E-state index is 13.0. The number of esters is 1. The Morgan fingerprint density at radius 3 is 2.00 bits per heavy atom. The summed E-state index contributed by atoms with van der Waals surface area (Å²) in [6, 6.07) is 19.4. The number of amides is 1. The number of carbonyl (C=O) groups is 2. The highest BCUT2D eigenvalue weighted by Gasteiger charge is 2.53. The van der Waals surface area contributed by atoms with Gasteiger partial charge >= 0.3 is 5.97 Å². The van der Waals surface area contributed by atoms with Crippen molar-refractivity contribution in [2.24, 2.45) is 5.92 Å². The molecule has 1 aliphatic rings. The van der Waals surface area contributed by atoms with Crippen molar-refractivity contribution >= 4 is 11.9 Å². The molecule has 0 aromatic heterocycles. The maximum Gasteiger partial charge on any atom is 0.338 e. The highest BCUT2D eigenvalue weighted by Crippen LogP contribution is 2.39. The average molecular weight is 426 g/mol. The lowest BCUT2D eigenvalue weighted by atomic mass is 9.76. The fourth-order valence-electron chi connectivity index (χ4n) is 4.09. The third-order valence-corrected chi connectivity index (χ3v) is 5.51. The molecule has 1 heterocycles. The van der Waals surface area contributed by atoms with E-state index in [9.17, 15) is 9.59 Å². The van der Waals surface area contributed by atoms with Gasteiger partial charge in [-0.2, -0.15) is 0 Å². The van der Waals surface area contributed by atoms with Crippen molar-refractivity contribution < 1.29 is 23.8 Å². The predicted molar refractivity (Wildman–Crippen MR) is 117 cm³/mol. The number of rotatable bonds is 10. The molecular weight excluding hydrogens is 394 g/mol. The largest absolute Gasteiger partial charge is 0.464 e. The van der Waals surface area contributed by atoms with E-state index in [1.54, 1.807) is 14.0 Å². The van der Waals surface area contributed by atoms with Crippen molar-refractivity contribution in [2.45, 2.75) is 51.0 Å². The van der Waals surface area contributed by atoms with E-state index in [0.29, 0.717) is 6.42 Å². The van der Waals surface area contributed by atoms with Gasteiger partial charge in [-0.3, -0.25) is 4.79 Å². The summed E-state index contributed by atoms with van der Waals surface area (Å²) in [6.45, 7) is 6.17. The molecule has 0 unspecified atom stereocenters. The molecule has 3 atom stereocenters. The van der Waals surface area contributed by atoms with Crippen molar-refractivity contribution in [3.05, 3.63) is 71.8 Å². The number of nitrogens with one attached hydrogen (secondary N) is 1. The van der Waals surface area contributed by atoms with Crippen LogP contribution < -0.4 is 5.32 Å². The maximum absolute atomic E-state index is 13.0. The Morgan fingerprint density at radius 1 is 1.00 bits per heavy atom. The molecule has 1 N–H and O–H groups in total. The quantitative estimate of drug-likeness (QED) is 0.466. The Bertz CT molecular complexity index is 828. The minimum absolute atomic E-state index is 0.248. The Hall–Kier alpha value is -2.70. The van der Waals surface area contributed by atoms with Gasteiger partial charge in [0.2, 0.25) is 0 Å². The monoisotopic (exact) mass is 425 g/mol. The van der Waals surface area contributed by atoms with E-state index in [0.717, 1.165) is 11.1 Å². The molecule has 1 amide bonds. The van der Waals surface area contributed by atoms with E-state index >= 15 is 0 Å². The van der Waals surface area contributed by atoms with Gasteiger partial charge in [0, 0.05) is 7.11 Å². The second-order valence-electron chi connectivity index (χ2n) is 8.09. The number of benzene rings is 2. The highest BCUT2D eigenvalue weighted by atomic mass is 16.6. The minimum atomic E-state index is -0.906. The molecule has 31 heavy (non-hydrogen) atoms. The number of epoxide rings is 1. The van der Waals surface area contributed by atoms with E-state index in [4.69, 9.17) is 14.2 Å². The summed E-state index contributed by atoms with van der Waals surface area (Å²) in [7, 11) is 1.66. The molecule has 0 aliphatic carbocycles. The third-order valence-electron chi connectivity index (χ3n) is 5.51. The van der Waals surface area contributed by atoms with Crippen LogP contribution in [0, 0.1) is 5.92 Å². The number of hydrogen-bond acceptors (Lipinski definition) is 5. The number of methoxy groups -OCH3 is 1. The van der Waals surface area contributed by atoms with E-state index in [2.05, 4.69) is 19.2 Å². The first-order chi connectivity index (χ1) is 14.9. The third kappa shape index (κ3) is 4.97. The molecule has 1 saturated heterocycles. The molecule has 1 fully saturated rings. The number of ether oxygens (including phenoxy) is 3. The molecular formula is C25H31NO5. The summed E-state index contributed by atoms with van der Waals surface area (Å²) in [6.07, 6.45) is -1.01. The van der Waals surface area contributed by atoms with Gasteiger partial charge in [-0.05, 0) is 30.4 Å². The molecule has 0 bridgehead atoms. The Balaban J connectivity index is 1.97. The van der Waals surface area contributed by atoms with Crippen molar-refractivity contribution in [3.63, 3.8) is 0 Å². The van der Waals surface area contributed by atoms with Crippen molar-refractivity contribution in [1.82, 2.24) is 5.32 Å². The van der Waals surface area contributed by atoms with Gasteiger partial charge in [-0.15, -0.1) is 0 Å². The molecule has 3 rings (SSSR count). The van der Waals surface area contributed by atoms with Crippen LogP contribution in [0.15, 0.2) is 60.7 Å². The van der Waals surface area contributed by atoms with Crippen molar-refractivity contribution in [2.75, 3.05) is 13.7 Å². The van der Waals surface area contributed by atoms with Crippen molar-refractivity contribution in [3.8, 4) is 0 Å². The molecule has 6 heteroatoms. The summed E-state index contributed by atoms with van der Waals surface area (Å²) < 4.78 is 16.5. The van der Waals surface area contributed by atoms with Gasteiger partial charge in [0.05, 0.1) is 12.6 Å². The SMILES string of the molecule is CCOC(=O)[C@H]1O[C@@H]1C(=O)N[C@@H](CC(C)C)C(OC)(c1ccccc1)c1ccccc1. The lowest BCUT2D eigenvalue weighted by Gasteiger charge is -2.42. The molecule has 0 radical (unpaired) electrons. The Morgan fingerprint density at radius 2 is 1.55 bits per heavy atom. The van der Waals surface area contributed by atoms with Crippen LogP contribution in [0.4, 0.5) is 0 Å². The highest BCUT2D eigenvalue weighted by molar-refractivity contribution is 5.93. The summed E-state index contributed by atoms with van der Waals surface area (Å²) in [5.41, 5.74) is 0.971. The first-order valence-corrected chi connectivity index (χ1v) is 10.7. The Labute approximate surface area is 183 Å². The zero-order chi connectivity index (χ0) is 22.4. The molecule has 6 nitrogen and oxygen atoms in total. The van der Waals surface area contributed by atoms with Crippen molar-refractivity contribution in [1.29, 1.82) is 0 Å². The fraction of sp³-hybridized carbons (Fsp3) is 0.440. The van der Waals surface area contributed by atoms with Gasteiger partial charge in [0.25, 0.3) is 5.91 Å². The van der Waals surface area contributed by atoms with E-state index in [1.807, 2.05) is 60.7 Å². The summed E-state index contributed by atoms with van der Waals surface area (Å²) in [5, 5.41) is 3.13. The van der Waals surface area contributed by atoms with Gasteiger partial charge in [0.15, 0.2) is 12.2 Å². The predicted octanol–water partition coefficient (Wildman–Crippen LogP) is 3.44. The zero-order valence-electron chi connectivity index (χ0n) is 18.5. The van der Waals surface area contributed by atoms with E-state index in [1.165, 1.54) is 0 Å². The van der Waals surface area contributed by atoms with Crippen LogP contribution in [0.5, 0.6) is 0 Å². The lowest BCUT2D eigenvalue weighted by molar-refractivity contribution is -0.144. The smallest absolute Gasteiger partial charge is 0.338 e. The molecule has 1 aliphatic heterocycles. The van der Waals surface area contributed by atoms with Gasteiger partial charge < -0.3 is 19.5 Å². The van der Waals surface area contributed by atoms with Crippen LogP contribution in [0.25, 0.3) is 0 Å². The molecule has 166 valence electrons. The van der Waals surface area contributed by atoms with Crippen LogP contribution in [-0.2, 0) is 29.4 Å². The molecule has 0 spiro atoms. The standard InChI is InChI=1S/C25H31NO5/c1-5-30-24(28)22-21(31-22)23(27)26-20(16-17(2)3)25(29-4,18-12-8-6-9-13-18)19-14-10-7-11-15-19/h6-15,17,20-22H,5,16H2,1-4H3,(H,26,27)/t20-,21-,22-/m0/s1. The van der Waals surface area contributed by atoms with Crippen LogP contribution in [-0.4, -0.2) is 43.8 Å². The van der Waals surface area contributed by atoms with Gasteiger partial charge in [0.1, 0.15) is 5.60 Å². The van der Waals surface area contributed by atoms with Crippen LogP contribution in [0.2, 0.25) is 0 Å². The van der Waals surface area contributed by atoms with Gasteiger partial charge in [-0.25, -0.2) is 4.79 Å². The zero-order valence-corrected chi connectivity index (χ0v) is 18.5. The Kier molecular flexibility index (Phi) is 7.46. The van der Waals surface area contributed by atoms with E-state index < -0.39 is 23.8 Å². The minimum Gasteiger partial charge on any atom is -0.464 e. The topological polar surface area (TPSA) is 77.2 Å². The average Bonchev–Trinajstić information content (AvgIpc) is 3.57. The summed E-state index contributed by atoms with van der Waals surface area (Å²) in [5.74, 6) is -0.558. The van der Waals surface area contributed by atoms with Crippen LogP contribution in [0.3, 0.4) is 0 Å². The summed E-state index contributed by atoms with van der Waals surface area (Å²) in [4.78, 5) is 25.0.